The summed E-state index contributed by atoms with van der Waals surface area (Å²) in [6.45, 7) is 8.06. The summed E-state index contributed by atoms with van der Waals surface area (Å²) in [6.07, 6.45) is 2.18. The van der Waals surface area contributed by atoms with Crippen molar-refractivity contribution in [2.24, 2.45) is 0 Å². The number of hydrogen-bond acceptors (Lipinski definition) is 6. The first-order chi connectivity index (χ1) is 9.20. The molecular weight excluding hydrogens is 312 g/mol. The predicted octanol–water partition coefficient (Wildman–Crippen LogP) is 3.22. The monoisotopic (exact) mass is 330 g/mol. The lowest BCUT2D eigenvalue weighted by Gasteiger charge is -2.14. The summed E-state index contributed by atoms with van der Waals surface area (Å²) in [5.74, 6) is 0.0904. The molecule has 0 aliphatic rings. The summed E-state index contributed by atoms with van der Waals surface area (Å²) in [5, 5.41) is 0. The van der Waals surface area contributed by atoms with Crippen molar-refractivity contribution in [2.45, 2.75) is 43.9 Å². The molecule has 2 aromatic heterocycles. The van der Waals surface area contributed by atoms with Gasteiger partial charge >= 0.3 is 0 Å². The third kappa shape index (κ3) is 3.45. The van der Waals surface area contributed by atoms with Gasteiger partial charge in [0.05, 0.1) is 17.0 Å². The maximum absolute atomic E-state index is 12.3. The summed E-state index contributed by atoms with van der Waals surface area (Å²) in [5.41, 5.74) is 2.60. The average Bonchev–Trinajstić information content (AvgIpc) is 2.94. The number of sulfone groups is 1. The van der Waals surface area contributed by atoms with Crippen LogP contribution in [-0.2, 0) is 21.7 Å². The summed E-state index contributed by atoms with van der Waals surface area (Å²) in [7, 11) is -3.31. The number of hydrogen-bond donors (Lipinski definition) is 0. The highest BCUT2D eigenvalue weighted by Crippen LogP contribution is 2.30. The minimum atomic E-state index is -3.31. The minimum Gasteiger partial charge on any atom is -0.250 e. The van der Waals surface area contributed by atoms with E-state index in [4.69, 9.17) is 0 Å². The van der Waals surface area contributed by atoms with Gasteiger partial charge < -0.3 is 0 Å². The quantitative estimate of drug-likeness (QED) is 0.863. The van der Waals surface area contributed by atoms with E-state index in [9.17, 15) is 8.42 Å². The van der Waals surface area contributed by atoms with Gasteiger partial charge in [-0.2, -0.15) is 0 Å². The Labute approximate surface area is 127 Å². The zero-order chi connectivity index (χ0) is 15.0. The van der Waals surface area contributed by atoms with Crippen molar-refractivity contribution in [1.82, 2.24) is 9.97 Å². The van der Waals surface area contributed by atoms with E-state index in [0.29, 0.717) is 6.42 Å². The second-order valence-electron chi connectivity index (χ2n) is 5.67. The summed E-state index contributed by atoms with van der Waals surface area (Å²) in [4.78, 5) is 10.3. The molecule has 2 heterocycles. The molecule has 0 aromatic carbocycles. The van der Waals surface area contributed by atoms with Gasteiger partial charge in [0.25, 0.3) is 0 Å². The topological polar surface area (TPSA) is 59.9 Å². The van der Waals surface area contributed by atoms with Crippen LogP contribution in [0.1, 0.15) is 36.2 Å². The van der Waals surface area contributed by atoms with Crippen LogP contribution in [0.5, 0.6) is 0 Å². The van der Waals surface area contributed by atoms with Crippen molar-refractivity contribution in [2.75, 3.05) is 5.75 Å². The highest BCUT2D eigenvalue weighted by molar-refractivity contribution is 7.93. The molecule has 0 amide bonds. The van der Waals surface area contributed by atoms with Crippen molar-refractivity contribution in [1.29, 1.82) is 0 Å². The van der Waals surface area contributed by atoms with E-state index in [1.54, 1.807) is 11.7 Å². The van der Waals surface area contributed by atoms with Crippen LogP contribution in [-0.4, -0.2) is 24.1 Å². The predicted molar refractivity (Wildman–Crippen MR) is 83.4 cm³/mol. The summed E-state index contributed by atoms with van der Waals surface area (Å²) < 4.78 is 24.8. The Balaban J connectivity index is 2.15. The van der Waals surface area contributed by atoms with Crippen molar-refractivity contribution < 1.29 is 8.42 Å². The van der Waals surface area contributed by atoms with E-state index in [0.717, 1.165) is 15.4 Å². The lowest BCUT2D eigenvalue weighted by molar-refractivity contribution is 0.594. The first kappa shape index (κ1) is 15.6. The van der Waals surface area contributed by atoms with Gasteiger partial charge in [-0.1, -0.05) is 20.8 Å². The fourth-order valence-corrected chi connectivity index (χ4v) is 5.13. The Morgan fingerprint density at radius 3 is 2.45 bits per heavy atom. The largest absolute Gasteiger partial charge is 0.250 e. The first-order valence-electron chi connectivity index (χ1n) is 6.28. The average molecular weight is 331 g/mol. The van der Waals surface area contributed by atoms with Crippen LogP contribution in [0.2, 0.25) is 0 Å². The Morgan fingerprint density at radius 1 is 1.25 bits per heavy atom. The standard InChI is InChI=1S/C13H18N2O2S3/c1-9-10(18-8-15-9)5-6-20(16,17)12-14-7-11(19-12)13(2,3)4/h7-8H,5-6H2,1-4H3. The van der Waals surface area contributed by atoms with Crippen LogP contribution in [0.15, 0.2) is 16.0 Å². The Bertz CT molecular complexity index is 693. The van der Waals surface area contributed by atoms with Crippen LogP contribution < -0.4 is 0 Å². The molecule has 0 unspecified atom stereocenters. The molecule has 0 aliphatic heterocycles. The third-order valence-electron chi connectivity index (χ3n) is 2.93. The smallest absolute Gasteiger partial charge is 0.209 e. The van der Waals surface area contributed by atoms with Crippen molar-refractivity contribution in [3.05, 3.63) is 27.2 Å². The second-order valence-corrected chi connectivity index (χ2v) is 9.92. The van der Waals surface area contributed by atoms with Crippen LogP contribution >= 0.6 is 22.7 Å². The van der Waals surface area contributed by atoms with Gasteiger partial charge in [0, 0.05) is 16.0 Å². The van der Waals surface area contributed by atoms with Gasteiger partial charge in [0.2, 0.25) is 14.2 Å². The fourth-order valence-electron chi connectivity index (χ4n) is 1.63. The van der Waals surface area contributed by atoms with Crippen LogP contribution in [0, 0.1) is 6.92 Å². The lowest BCUT2D eigenvalue weighted by atomic mass is 9.96. The van der Waals surface area contributed by atoms with Crippen LogP contribution in [0.3, 0.4) is 0 Å². The molecule has 0 spiro atoms. The van der Waals surface area contributed by atoms with Crippen molar-refractivity contribution >= 4 is 32.5 Å². The zero-order valence-corrected chi connectivity index (χ0v) is 14.5. The second kappa shape index (κ2) is 5.54. The van der Waals surface area contributed by atoms with E-state index >= 15 is 0 Å². The molecule has 4 nitrogen and oxygen atoms in total. The SMILES string of the molecule is Cc1ncsc1CCS(=O)(=O)c1ncc(C(C)(C)C)s1. The molecule has 0 saturated heterocycles. The minimum absolute atomic E-state index is 0.0697. The molecule has 0 atom stereocenters. The van der Waals surface area contributed by atoms with Gasteiger partial charge in [-0.25, -0.2) is 18.4 Å². The lowest BCUT2D eigenvalue weighted by Crippen LogP contribution is -2.09. The van der Waals surface area contributed by atoms with Gasteiger partial charge in [-0.3, -0.25) is 0 Å². The van der Waals surface area contributed by atoms with E-state index in [-0.39, 0.29) is 15.5 Å². The molecule has 0 aliphatic carbocycles. The number of aromatic nitrogens is 2. The Morgan fingerprint density at radius 2 is 1.95 bits per heavy atom. The molecule has 2 aromatic rings. The molecule has 0 fully saturated rings. The number of nitrogens with zero attached hydrogens (tertiary/aromatic N) is 2. The van der Waals surface area contributed by atoms with E-state index in [1.165, 1.54) is 22.7 Å². The van der Waals surface area contributed by atoms with Gasteiger partial charge in [-0.05, 0) is 18.8 Å². The maximum Gasteiger partial charge on any atom is 0.209 e. The molecular formula is C13H18N2O2S3. The summed E-state index contributed by atoms with van der Waals surface area (Å²) >= 11 is 2.78. The number of rotatable bonds is 4. The number of aryl methyl sites for hydroxylation is 2. The van der Waals surface area contributed by atoms with Crippen LogP contribution in [0.25, 0.3) is 0 Å². The van der Waals surface area contributed by atoms with E-state index < -0.39 is 9.84 Å². The zero-order valence-electron chi connectivity index (χ0n) is 12.0. The summed E-state index contributed by atoms with van der Waals surface area (Å²) in [6, 6.07) is 0. The fraction of sp³-hybridized carbons (Fsp3) is 0.538. The molecule has 2 rings (SSSR count). The highest BCUT2D eigenvalue weighted by atomic mass is 32.2. The van der Waals surface area contributed by atoms with Gasteiger partial charge in [0.15, 0.2) is 0 Å². The van der Waals surface area contributed by atoms with Crippen LogP contribution in [0.4, 0.5) is 0 Å². The van der Waals surface area contributed by atoms with Gasteiger partial charge in [-0.15, -0.1) is 22.7 Å². The molecule has 0 N–H and O–H groups in total. The Hall–Kier alpha value is -0.790. The normalized spacial score (nSPS) is 12.8. The maximum atomic E-state index is 12.3. The number of thiazole rings is 2. The van der Waals surface area contributed by atoms with E-state index in [2.05, 4.69) is 30.7 Å². The van der Waals surface area contributed by atoms with Crippen molar-refractivity contribution in [3.63, 3.8) is 0 Å². The molecule has 110 valence electrons. The van der Waals surface area contributed by atoms with Crippen molar-refractivity contribution in [3.8, 4) is 0 Å². The molecule has 7 heteroatoms. The van der Waals surface area contributed by atoms with E-state index in [1.807, 2.05) is 6.92 Å². The molecule has 20 heavy (non-hydrogen) atoms. The highest BCUT2D eigenvalue weighted by Gasteiger charge is 2.24. The molecule has 0 bridgehead atoms. The first-order valence-corrected chi connectivity index (χ1v) is 9.63. The Kier molecular flexibility index (Phi) is 4.32. The van der Waals surface area contributed by atoms with Gasteiger partial charge in [0.1, 0.15) is 0 Å². The molecule has 0 radical (unpaired) electrons. The molecule has 0 saturated carbocycles. The third-order valence-corrected chi connectivity index (χ3v) is 7.54.